The third-order valence-corrected chi connectivity index (χ3v) is 5.36. The number of amidine groups is 1. The van der Waals surface area contributed by atoms with Gasteiger partial charge in [0.05, 0.1) is 22.7 Å². The number of amides is 1. The lowest BCUT2D eigenvalue weighted by atomic mass is 10.1. The summed E-state index contributed by atoms with van der Waals surface area (Å²) in [6.07, 6.45) is 1.90. The summed E-state index contributed by atoms with van der Waals surface area (Å²) in [7, 11) is 1.64. The number of rotatable bonds is 4. The van der Waals surface area contributed by atoms with Crippen LogP contribution < -0.4 is 4.74 Å². The maximum absolute atomic E-state index is 12.8. The smallest absolute Gasteiger partial charge is 0.266 e. The summed E-state index contributed by atoms with van der Waals surface area (Å²) in [6.45, 7) is 4.48. The Kier molecular flexibility index (Phi) is 5.69. The molecule has 1 fully saturated rings. The fourth-order valence-corrected chi connectivity index (χ4v) is 3.82. The minimum Gasteiger partial charge on any atom is -0.497 e. The molecule has 0 radical (unpaired) electrons. The van der Waals surface area contributed by atoms with E-state index >= 15 is 0 Å². The third kappa shape index (κ3) is 3.79. The molecule has 0 unspecified atom stereocenters. The standard InChI is InChI=1S/C20H19ClN2O2S/c1-4-23-19(24)18(12-14-9-10-15(25-3)11-13(14)2)26-20(23)22-17-8-6-5-7-16(17)21/h5-12H,4H2,1-3H3/b18-12+,22-20?. The lowest BCUT2D eigenvalue weighted by molar-refractivity contribution is -0.122. The number of halogens is 1. The topological polar surface area (TPSA) is 41.9 Å². The van der Waals surface area contributed by atoms with Crippen molar-refractivity contribution in [3.8, 4) is 5.75 Å². The molecular formula is C20H19ClN2O2S. The second kappa shape index (κ2) is 7.98. The van der Waals surface area contributed by atoms with Gasteiger partial charge in [0.1, 0.15) is 5.75 Å². The molecule has 1 heterocycles. The Morgan fingerprint density at radius 1 is 1.27 bits per heavy atom. The van der Waals surface area contributed by atoms with Gasteiger partial charge >= 0.3 is 0 Å². The van der Waals surface area contributed by atoms with Crippen LogP contribution >= 0.6 is 23.4 Å². The number of hydrogen-bond donors (Lipinski definition) is 0. The van der Waals surface area contributed by atoms with Crippen LogP contribution in [0.25, 0.3) is 6.08 Å². The average molecular weight is 387 g/mol. The molecule has 1 saturated heterocycles. The molecule has 0 saturated carbocycles. The average Bonchev–Trinajstić information content (AvgIpc) is 2.93. The van der Waals surface area contributed by atoms with Crippen LogP contribution in [0.3, 0.4) is 0 Å². The van der Waals surface area contributed by atoms with Crippen molar-refractivity contribution < 1.29 is 9.53 Å². The molecule has 6 heteroatoms. The van der Waals surface area contributed by atoms with Crippen molar-refractivity contribution in [2.75, 3.05) is 13.7 Å². The van der Waals surface area contributed by atoms with Crippen molar-refractivity contribution >= 4 is 46.2 Å². The number of aryl methyl sites for hydroxylation is 1. The molecule has 0 aromatic heterocycles. The number of carbonyl (C=O) groups is 1. The Hall–Kier alpha value is -2.24. The monoisotopic (exact) mass is 386 g/mol. The van der Waals surface area contributed by atoms with E-state index in [2.05, 4.69) is 4.99 Å². The van der Waals surface area contributed by atoms with Gasteiger partial charge in [0, 0.05) is 6.54 Å². The summed E-state index contributed by atoms with van der Waals surface area (Å²) in [5.41, 5.74) is 2.69. The molecule has 4 nitrogen and oxygen atoms in total. The van der Waals surface area contributed by atoms with E-state index < -0.39 is 0 Å². The summed E-state index contributed by atoms with van der Waals surface area (Å²) < 4.78 is 5.24. The van der Waals surface area contributed by atoms with Crippen molar-refractivity contribution in [3.63, 3.8) is 0 Å². The number of methoxy groups -OCH3 is 1. The van der Waals surface area contributed by atoms with Gasteiger partial charge in [-0.2, -0.15) is 0 Å². The lowest BCUT2D eigenvalue weighted by Crippen LogP contribution is -2.28. The van der Waals surface area contributed by atoms with Crippen LogP contribution in [-0.2, 0) is 4.79 Å². The Morgan fingerprint density at radius 3 is 2.69 bits per heavy atom. The van der Waals surface area contributed by atoms with E-state index in [-0.39, 0.29) is 5.91 Å². The van der Waals surface area contributed by atoms with E-state index in [0.29, 0.717) is 27.3 Å². The first-order valence-corrected chi connectivity index (χ1v) is 9.42. The van der Waals surface area contributed by atoms with E-state index in [0.717, 1.165) is 16.9 Å². The van der Waals surface area contributed by atoms with Crippen LogP contribution in [-0.4, -0.2) is 29.6 Å². The van der Waals surface area contributed by atoms with Gasteiger partial charge < -0.3 is 4.74 Å². The summed E-state index contributed by atoms with van der Waals surface area (Å²) in [5, 5.41) is 1.20. The Bertz CT molecular complexity index is 908. The van der Waals surface area contributed by atoms with Crippen molar-refractivity contribution in [2.24, 2.45) is 4.99 Å². The second-order valence-corrected chi connectivity index (χ2v) is 7.14. The Morgan fingerprint density at radius 2 is 2.04 bits per heavy atom. The predicted molar refractivity (Wildman–Crippen MR) is 109 cm³/mol. The highest BCUT2D eigenvalue weighted by Gasteiger charge is 2.32. The summed E-state index contributed by atoms with van der Waals surface area (Å²) in [5.74, 6) is 0.754. The molecule has 1 aliphatic rings. The number of aliphatic imine (C=N–C) groups is 1. The number of nitrogens with zero attached hydrogens (tertiary/aromatic N) is 2. The minimum atomic E-state index is -0.0430. The van der Waals surface area contributed by atoms with Gasteiger partial charge in [0.25, 0.3) is 5.91 Å². The first-order chi connectivity index (χ1) is 12.5. The molecule has 1 aliphatic heterocycles. The third-order valence-electron chi connectivity index (χ3n) is 4.04. The zero-order valence-corrected chi connectivity index (χ0v) is 16.4. The van der Waals surface area contributed by atoms with Crippen LogP contribution in [0.2, 0.25) is 5.02 Å². The minimum absolute atomic E-state index is 0.0430. The number of ether oxygens (including phenoxy) is 1. The van der Waals surface area contributed by atoms with Gasteiger partial charge in [-0.15, -0.1) is 0 Å². The highest BCUT2D eigenvalue weighted by atomic mass is 35.5. The molecular weight excluding hydrogens is 368 g/mol. The maximum atomic E-state index is 12.8. The van der Waals surface area contributed by atoms with E-state index in [9.17, 15) is 4.79 Å². The van der Waals surface area contributed by atoms with Crippen molar-refractivity contribution in [1.82, 2.24) is 4.90 Å². The van der Waals surface area contributed by atoms with Crippen molar-refractivity contribution in [1.29, 1.82) is 0 Å². The fourth-order valence-electron chi connectivity index (χ4n) is 2.59. The Balaban J connectivity index is 1.96. The van der Waals surface area contributed by atoms with Crippen LogP contribution in [0.5, 0.6) is 5.75 Å². The van der Waals surface area contributed by atoms with Crippen molar-refractivity contribution in [3.05, 3.63) is 63.5 Å². The summed E-state index contributed by atoms with van der Waals surface area (Å²) >= 11 is 7.57. The number of thioether (sulfide) groups is 1. The van der Waals surface area contributed by atoms with E-state index in [4.69, 9.17) is 16.3 Å². The van der Waals surface area contributed by atoms with E-state index in [1.54, 1.807) is 18.1 Å². The Labute approximate surface area is 162 Å². The number of hydrogen-bond acceptors (Lipinski definition) is 4. The second-order valence-electron chi connectivity index (χ2n) is 5.73. The zero-order valence-electron chi connectivity index (χ0n) is 14.8. The SMILES string of the molecule is CCN1C(=O)/C(=C\c2ccc(OC)cc2C)SC1=Nc1ccccc1Cl. The van der Waals surface area contributed by atoms with Gasteiger partial charge in [0.15, 0.2) is 5.17 Å². The highest BCUT2D eigenvalue weighted by molar-refractivity contribution is 8.18. The molecule has 0 aliphatic carbocycles. The first-order valence-electron chi connectivity index (χ1n) is 8.22. The molecule has 134 valence electrons. The normalized spacial score (nSPS) is 17.4. The van der Waals surface area contributed by atoms with Gasteiger partial charge in [-0.1, -0.05) is 29.8 Å². The largest absolute Gasteiger partial charge is 0.497 e. The molecule has 0 bridgehead atoms. The van der Waals surface area contributed by atoms with Gasteiger partial charge in [-0.3, -0.25) is 9.69 Å². The van der Waals surface area contributed by atoms with Gasteiger partial charge in [-0.25, -0.2) is 4.99 Å². The quantitative estimate of drug-likeness (QED) is 0.671. The van der Waals surface area contributed by atoms with Crippen LogP contribution in [0, 0.1) is 6.92 Å². The first kappa shape index (κ1) is 18.5. The molecule has 0 atom stereocenters. The van der Waals surface area contributed by atoms with Gasteiger partial charge in [0.2, 0.25) is 0 Å². The predicted octanol–water partition coefficient (Wildman–Crippen LogP) is 5.28. The fraction of sp³-hybridized carbons (Fsp3) is 0.200. The van der Waals surface area contributed by atoms with Crippen LogP contribution in [0.15, 0.2) is 52.4 Å². The van der Waals surface area contributed by atoms with Crippen molar-refractivity contribution in [2.45, 2.75) is 13.8 Å². The maximum Gasteiger partial charge on any atom is 0.266 e. The molecule has 2 aromatic rings. The molecule has 1 amide bonds. The molecule has 3 rings (SSSR count). The molecule has 2 aromatic carbocycles. The molecule has 0 spiro atoms. The van der Waals surface area contributed by atoms with Crippen LogP contribution in [0.1, 0.15) is 18.1 Å². The van der Waals surface area contributed by atoms with E-state index in [1.807, 2.05) is 56.3 Å². The summed E-state index contributed by atoms with van der Waals surface area (Å²) in [6, 6.07) is 13.1. The number of benzene rings is 2. The zero-order chi connectivity index (χ0) is 18.7. The highest BCUT2D eigenvalue weighted by Crippen LogP contribution is 2.36. The van der Waals surface area contributed by atoms with E-state index in [1.165, 1.54) is 11.8 Å². The number of likely N-dealkylation sites (N-methyl/N-ethyl adjacent to an activating group) is 1. The number of carbonyl (C=O) groups excluding carboxylic acids is 1. The number of para-hydroxylation sites is 1. The van der Waals surface area contributed by atoms with Gasteiger partial charge in [-0.05, 0) is 67.1 Å². The molecule has 0 N–H and O–H groups in total. The van der Waals surface area contributed by atoms with Crippen LogP contribution in [0.4, 0.5) is 5.69 Å². The lowest BCUT2D eigenvalue weighted by Gasteiger charge is -2.12. The summed E-state index contributed by atoms with van der Waals surface area (Å²) in [4.78, 5) is 19.7. The molecule has 26 heavy (non-hydrogen) atoms.